The second kappa shape index (κ2) is 30.6. The molecule has 2 nitrogen and oxygen atoms in total. The van der Waals surface area contributed by atoms with Gasteiger partial charge in [0.1, 0.15) is 0 Å². The van der Waals surface area contributed by atoms with Gasteiger partial charge in [-0.2, -0.15) is 0 Å². The van der Waals surface area contributed by atoms with Crippen molar-refractivity contribution in [2.75, 3.05) is 13.1 Å². The molecular weight excluding hydrogens is 837 g/mol. The molecule has 0 amide bonds. The highest BCUT2D eigenvalue weighted by Crippen LogP contribution is 2.29. The third-order valence-electron chi connectivity index (χ3n) is 15.1. The van der Waals surface area contributed by atoms with E-state index < -0.39 is 0 Å². The van der Waals surface area contributed by atoms with Crippen molar-refractivity contribution in [1.82, 2.24) is 9.80 Å². The van der Waals surface area contributed by atoms with Gasteiger partial charge < -0.3 is 9.80 Å². The van der Waals surface area contributed by atoms with Crippen LogP contribution in [0.5, 0.6) is 0 Å². The van der Waals surface area contributed by atoms with Crippen LogP contribution < -0.4 is 20.9 Å². The number of nitrogens with zero attached hydrogens (tertiary/aromatic N) is 2. The lowest BCUT2D eigenvalue weighted by Crippen LogP contribution is -2.38. The molecule has 2 aliphatic heterocycles. The van der Waals surface area contributed by atoms with Gasteiger partial charge in [-0.1, -0.05) is 220 Å². The molecule has 4 heterocycles. The van der Waals surface area contributed by atoms with Crippen molar-refractivity contribution in [3.05, 3.63) is 68.0 Å². The zero-order valence-corrected chi connectivity index (χ0v) is 44.5. The minimum atomic E-state index is 0.727. The van der Waals surface area contributed by atoms with Gasteiger partial charge in [0.2, 0.25) is 0 Å². The molecule has 66 heavy (non-hydrogen) atoms. The summed E-state index contributed by atoms with van der Waals surface area (Å²) in [5, 5.41) is 13.2. The van der Waals surface area contributed by atoms with E-state index in [1.165, 1.54) is 258 Å². The van der Waals surface area contributed by atoms with Gasteiger partial charge in [-0.05, 0) is 83.0 Å². The highest BCUT2D eigenvalue weighted by Gasteiger charge is 2.22. The molecule has 0 N–H and O–H groups in total. The van der Waals surface area contributed by atoms with Gasteiger partial charge in [0.05, 0.1) is 0 Å². The van der Waals surface area contributed by atoms with Crippen molar-refractivity contribution in [1.29, 1.82) is 0 Å². The monoisotopic (exact) mass is 931 g/mol. The van der Waals surface area contributed by atoms with Crippen molar-refractivity contribution in [3.63, 3.8) is 0 Å². The first-order chi connectivity index (χ1) is 32.6. The van der Waals surface area contributed by atoms with E-state index in [-0.39, 0.29) is 0 Å². The van der Waals surface area contributed by atoms with Crippen LogP contribution in [0.15, 0.2) is 47.2 Å². The second-order valence-electron chi connectivity index (χ2n) is 20.8. The molecule has 2 aromatic heterocycles. The Hall–Kier alpha value is -2.82. The molecule has 0 radical (unpaired) electrons. The van der Waals surface area contributed by atoms with Gasteiger partial charge in [0, 0.05) is 80.0 Å². The van der Waals surface area contributed by atoms with E-state index in [0.717, 1.165) is 24.9 Å². The molecule has 0 spiro atoms. The smallest absolute Gasteiger partial charge is 0.0349 e. The summed E-state index contributed by atoms with van der Waals surface area (Å²) in [7, 11) is 0. The van der Waals surface area contributed by atoms with Gasteiger partial charge in [-0.25, -0.2) is 0 Å². The summed E-state index contributed by atoms with van der Waals surface area (Å²) < 4.78 is 0. The molecule has 4 heteroatoms. The predicted octanol–water partition coefficient (Wildman–Crippen LogP) is 17.7. The summed E-state index contributed by atoms with van der Waals surface area (Å²) in [4.78, 5) is 8.07. The van der Waals surface area contributed by atoms with Gasteiger partial charge >= 0.3 is 0 Å². The van der Waals surface area contributed by atoms with E-state index in [1.54, 1.807) is 0 Å². The maximum atomic E-state index is 2.64. The zero-order valence-electron chi connectivity index (χ0n) is 42.8. The molecule has 0 saturated carbocycles. The minimum Gasteiger partial charge on any atom is -0.353 e. The number of hydrogen-bond donors (Lipinski definition) is 0. The van der Waals surface area contributed by atoms with Crippen LogP contribution in [0.1, 0.15) is 233 Å². The van der Waals surface area contributed by atoms with Crippen LogP contribution in [0.25, 0.3) is 56.5 Å². The maximum absolute atomic E-state index is 2.64. The van der Waals surface area contributed by atoms with Gasteiger partial charge in [-0.15, -0.1) is 22.7 Å². The zero-order chi connectivity index (χ0) is 46.0. The molecule has 0 bridgehead atoms. The fraction of sp³-hybridized carbons (Fsp3) is 0.645. The highest BCUT2D eigenvalue weighted by atomic mass is 32.1. The fourth-order valence-corrected chi connectivity index (χ4v) is 12.8. The van der Waals surface area contributed by atoms with Crippen LogP contribution in [0.2, 0.25) is 0 Å². The van der Waals surface area contributed by atoms with E-state index in [2.05, 4.69) is 109 Å². The third-order valence-corrected chi connectivity index (χ3v) is 16.9. The van der Waals surface area contributed by atoms with Crippen molar-refractivity contribution >= 4 is 58.2 Å². The lowest BCUT2D eigenvalue weighted by atomic mass is 9.90. The molecule has 2 unspecified atom stereocenters. The molecule has 364 valence electrons. The van der Waals surface area contributed by atoms with Gasteiger partial charge in [0.15, 0.2) is 0 Å². The number of unbranched alkanes of at least 4 members (excludes halogenated alkanes) is 24. The molecule has 0 saturated heterocycles. The summed E-state index contributed by atoms with van der Waals surface area (Å²) in [6.07, 6.45) is 54.7. The number of rotatable bonds is 38. The topological polar surface area (TPSA) is 6.48 Å². The van der Waals surface area contributed by atoms with E-state index in [4.69, 9.17) is 0 Å². The summed E-state index contributed by atoms with van der Waals surface area (Å²) >= 11 is 3.81. The van der Waals surface area contributed by atoms with Crippen molar-refractivity contribution in [2.24, 2.45) is 11.8 Å². The van der Waals surface area contributed by atoms with Crippen LogP contribution in [0.4, 0.5) is 0 Å². The van der Waals surface area contributed by atoms with Crippen LogP contribution >= 0.6 is 22.7 Å². The number of benzene rings is 2. The molecular formula is C62H94N2S2. The molecule has 4 aromatic rings. The van der Waals surface area contributed by atoms with Crippen molar-refractivity contribution in [3.8, 4) is 20.9 Å². The summed E-state index contributed by atoms with van der Waals surface area (Å²) in [5.74, 6) is 1.45. The molecule has 0 fully saturated rings. The molecule has 2 aromatic carbocycles. The van der Waals surface area contributed by atoms with E-state index in [9.17, 15) is 0 Å². The largest absolute Gasteiger partial charge is 0.353 e. The Labute approximate surface area is 412 Å². The van der Waals surface area contributed by atoms with Crippen LogP contribution in [0.3, 0.4) is 0 Å². The molecule has 6 rings (SSSR count). The Balaban J connectivity index is 1.29. The Morgan fingerprint density at radius 2 is 0.682 bits per heavy atom. The lowest BCUT2D eigenvalue weighted by Gasteiger charge is -2.29. The van der Waals surface area contributed by atoms with E-state index in [0.29, 0.717) is 0 Å². The average molecular weight is 932 g/mol. The van der Waals surface area contributed by atoms with Crippen LogP contribution in [0, 0.1) is 11.8 Å². The summed E-state index contributed by atoms with van der Waals surface area (Å²) in [6, 6.07) is 14.4. The van der Waals surface area contributed by atoms with Crippen molar-refractivity contribution in [2.45, 2.75) is 233 Å². The first-order valence-electron chi connectivity index (χ1n) is 28.3. The quantitative estimate of drug-likeness (QED) is 0.0413. The van der Waals surface area contributed by atoms with Crippen molar-refractivity contribution < 1.29 is 0 Å². The van der Waals surface area contributed by atoms with Gasteiger partial charge in [-0.3, -0.25) is 0 Å². The second-order valence-corrected chi connectivity index (χ2v) is 22.7. The van der Waals surface area contributed by atoms with Crippen LogP contribution in [-0.4, -0.2) is 22.9 Å². The molecule has 2 atom stereocenters. The van der Waals surface area contributed by atoms with E-state index in [1.807, 2.05) is 22.7 Å². The third kappa shape index (κ3) is 16.7. The average Bonchev–Trinajstić information content (AvgIpc) is 4.08. The lowest BCUT2D eigenvalue weighted by molar-refractivity contribution is 0.348. The minimum absolute atomic E-state index is 0.727. The van der Waals surface area contributed by atoms with E-state index >= 15 is 0 Å². The maximum Gasteiger partial charge on any atom is 0.0349 e. The first kappa shape index (κ1) is 52.5. The van der Waals surface area contributed by atoms with Crippen LogP contribution in [-0.2, 0) is 0 Å². The Bertz CT molecular complexity index is 2010. The highest BCUT2D eigenvalue weighted by molar-refractivity contribution is 7.13. The molecule has 0 aliphatic carbocycles. The SMILES string of the molecule is CCCCCCCCCCC(CCCCCCCC)CN1C=c2cc(-c3cccs3)c3c4c(cc(-c5cccs5)c(c24)=C1)=CN(CC(CCCCCCCC)CCCCCCCCCC)C=3. The number of thiophene rings is 2. The Morgan fingerprint density at radius 1 is 0.379 bits per heavy atom. The first-order valence-corrected chi connectivity index (χ1v) is 30.1. The molecule has 2 aliphatic rings. The van der Waals surface area contributed by atoms with Gasteiger partial charge in [0.25, 0.3) is 0 Å². The summed E-state index contributed by atoms with van der Waals surface area (Å²) in [6.45, 7) is 11.6. The standard InChI is InChI=1S/C62H94N2S2/c1-5-9-13-17-21-23-27-31-37-51(35-29-25-19-15-11-7-3)45-63-47-53-43-56(60-40-34-42-66-60)58-50-64(48-54-44-55(59-39-33-41-65-59)57(49-63)61(53)62(54)58)46-52(36-30-26-20-16-12-8-4)38-32-28-24-22-18-14-10-6-2/h33-34,39-44,47-52H,5-32,35-38,45-46H2,1-4H3. The Morgan fingerprint density at radius 3 is 0.970 bits per heavy atom. The Kier molecular flexibility index (Phi) is 24.4. The number of hydrogen-bond acceptors (Lipinski definition) is 4. The summed E-state index contributed by atoms with van der Waals surface area (Å²) in [5.41, 5.74) is 2.83. The fourth-order valence-electron chi connectivity index (χ4n) is 11.3. The normalized spacial score (nSPS) is 14.0. The predicted molar refractivity (Wildman–Crippen MR) is 298 cm³/mol.